The van der Waals surface area contributed by atoms with Crippen molar-refractivity contribution in [1.82, 2.24) is 0 Å². The molecule has 0 fully saturated rings. The van der Waals surface area contributed by atoms with Crippen LogP contribution in [0.4, 0.5) is 5.69 Å². The largest absolute Gasteiger partial charge is 0.322 e. The lowest BCUT2D eigenvalue weighted by Crippen LogP contribution is -2.14. The van der Waals surface area contributed by atoms with Crippen LogP contribution < -0.4 is 10.5 Å². The van der Waals surface area contributed by atoms with Gasteiger partial charge in [-0.15, -0.1) is 11.8 Å². The minimum Gasteiger partial charge on any atom is -0.322 e. The van der Waals surface area contributed by atoms with Crippen LogP contribution in [0.15, 0.2) is 58.3 Å². The van der Waals surface area contributed by atoms with Gasteiger partial charge in [0.05, 0.1) is 4.90 Å². The lowest BCUT2D eigenvalue weighted by molar-refractivity contribution is 0.102. The molecular weight excluding hydrogens is 332 g/mol. The predicted molar refractivity (Wildman–Crippen MR) is 93.2 cm³/mol. The molecule has 0 radical (unpaired) electrons. The van der Waals surface area contributed by atoms with Crippen LogP contribution in [0.3, 0.4) is 0 Å². The van der Waals surface area contributed by atoms with Crippen LogP contribution in [-0.4, -0.2) is 19.6 Å². The first-order valence-corrected chi connectivity index (χ1v) is 9.39. The molecule has 122 valence electrons. The van der Waals surface area contributed by atoms with Gasteiger partial charge in [-0.1, -0.05) is 19.9 Å². The van der Waals surface area contributed by atoms with Gasteiger partial charge in [0.15, 0.2) is 0 Å². The van der Waals surface area contributed by atoms with Gasteiger partial charge in [-0.2, -0.15) is 0 Å². The normalized spacial score (nSPS) is 11.5. The first kappa shape index (κ1) is 17.5. The number of hydrogen-bond donors (Lipinski definition) is 2. The highest BCUT2D eigenvalue weighted by atomic mass is 32.2. The first-order chi connectivity index (χ1) is 10.8. The Morgan fingerprint density at radius 1 is 1.13 bits per heavy atom. The number of amides is 1. The molecule has 0 unspecified atom stereocenters. The molecule has 2 rings (SSSR count). The Kier molecular flexibility index (Phi) is 5.46. The number of nitrogens with two attached hydrogens (primary N) is 1. The van der Waals surface area contributed by atoms with E-state index >= 15 is 0 Å². The van der Waals surface area contributed by atoms with Crippen LogP contribution in [0.1, 0.15) is 24.2 Å². The Morgan fingerprint density at radius 2 is 1.78 bits per heavy atom. The van der Waals surface area contributed by atoms with Gasteiger partial charge in [0.2, 0.25) is 10.0 Å². The van der Waals surface area contributed by atoms with Crippen molar-refractivity contribution < 1.29 is 13.2 Å². The van der Waals surface area contributed by atoms with Crippen molar-refractivity contribution in [3.05, 3.63) is 54.1 Å². The quantitative estimate of drug-likeness (QED) is 0.811. The molecule has 23 heavy (non-hydrogen) atoms. The summed E-state index contributed by atoms with van der Waals surface area (Å²) < 4.78 is 22.4. The van der Waals surface area contributed by atoms with Gasteiger partial charge >= 0.3 is 0 Å². The summed E-state index contributed by atoms with van der Waals surface area (Å²) >= 11 is 1.68. The molecule has 1 amide bonds. The molecule has 0 aliphatic heterocycles. The lowest BCUT2D eigenvalue weighted by Gasteiger charge is -2.09. The maximum Gasteiger partial charge on any atom is 0.255 e. The second-order valence-corrected chi connectivity index (χ2v) is 8.43. The summed E-state index contributed by atoms with van der Waals surface area (Å²) in [5.41, 5.74) is 1.05. The van der Waals surface area contributed by atoms with Gasteiger partial charge in [0.25, 0.3) is 5.91 Å². The van der Waals surface area contributed by atoms with Crippen molar-refractivity contribution in [3.8, 4) is 0 Å². The molecule has 0 heterocycles. The number of benzene rings is 2. The van der Waals surface area contributed by atoms with E-state index in [-0.39, 0.29) is 10.8 Å². The molecule has 0 aliphatic rings. The van der Waals surface area contributed by atoms with E-state index in [1.54, 1.807) is 17.8 Å². The number of carbonyl (C=O) groups excluding carboxylic acids is 1. The summed E-state index contributed by atoms with van der Waals surface area (Å²) in [6.45, 7) is 4.18. The minimum absolute atomic E-state index is 0.00540. The number of thioether (sulfide) groups is 1. The summed E-state index contributed by atoms with van der Waals surface area (Å²) in [5, 5.41) is 8.20. The van der Waals surface area contributed by atoms with Crippen molar-refractivity contribution in [2.75, 3.05) is 5.32 Å². The molecule has 2 aromatic rings. The van der Waals surface area contributed by atoms with Crippen molar-refractivity contribution in [1.29, 1.82) is 0 Å². The van der Waals surface area contributed by atoms with Gasteiger partial charge in [0, 0.05) is 21.4 Å². The monoisotopic (exact) mass is 350 g/mol. The molecule has 0 aromatic heterocycles. The number of sulfonamides is 1. The third-order valence-corrected chi connectivity index (χ3v) is 4.84. The molecule has 5 nitrogen and oxygen atoms in total. The van der Waals surface area contributed by atoms with Gasteiger partial charge in [-0.25, -0.2) is 13.6 Å². The van der Waals surface area contributed by atoms with Gasteiger partial charge < -0.3 is 5.32 Å². The van der Waals surface area contributed by atoms with Crippen LogP contribution in [0.2, 0.25) is 0 Å². The predicted octanol–water partition coefficient (Wildman–Crippen LogP) is 3.09. The van der Waals surface area contributed by atoms with Crippen molar-refractivity contribution in [2.24, 2.45) is 5.14 Å². The molecule has 0 saturated carbocycles. The van der Waals surface area contributed by atoms with E-state index in [0.717, 1.165) is 4.90 Å². The Hall–Kier alpha value is -1.83. The lowest BCUT2D eigenvalue weighted by atomic mass is 10.2. The Morgan fingerprint density at radius 3 is 2.35 bits per heavy atom. The fourth-order valence-corrected chi connectivity index (χ4v) is 3.33. The standard InChI is InChI=1S/C16H18N2O3S2/c1-11(2)22-14-5-3-4-12(10-14)16(19)18-13-6-8-15(9-7-13)23(17,20)21/h3-11H,1-2H3,(H,18,19)(H2,17,20,21). The van der Waals surface area contributed by atoms with E-state index in [1.165, 1.54) is 24.3 Å². The number of rotatable bonds is 5. The van der Waals surface area contributed by atoms with E-state index in [1.807, 2.05) is 18.2 Å². The SMILES string of the molecule is CC(C)Sc1cccc(C(=O)Nc2ccc(S(N)(=O)=O)cc2)c1. The van der Waals surface area contributed by atoms with E-state index in [9.17, 15) is 13.2 Å². The maximum atomic E-state index is 12.3. The Balaban J connectivity index is 2.13. The topological polar surface area (TPSA) is 89.3 Å². The molecule has 0 atom stereocenters. The second kappa shape index (κ2) is 7.16. The number of hydrogen-bond acceptors (Lipinski definition) is 4. The van der Waals surface area contributed by atoms with Crippen LogP contribution in [-0.2, 0) is 10.0 Å². The molecular formula is C16H18N2O3S2. The van der Waals surface area contributed by atoms with Crippen molar-refractivity contribution in [3.63, 3.8) is 0 Å². The fraction of sp³-hybridized carbons (Fsp3) is 0.188. The first-order valence-electron chi connectivity index (χ1n) is 6.96. The second-order valence-electron chi connectivity index (χ2n) is 5.22. The number of carbonyl (C=O) groups is 1. The summed E-state index contributed by atoms with van der Waals surface area (Å²) in [4.78, 5) is 13.3. The van der Waals surface area contributed by atoms with E-state index in [2.05, 4.69) is 19.2 Å². The number of anilines is 1. The summed E-state index contributed by atoms with van der Waals surface area (Å²) in [7, 11) is -3.73. The van der Waals surface area contributed by atoms with Gasteiger partial charge in [-0.05, 0) is 42.5 Å². The number of primary sulfonamides is 1. The summed E-state index contributed by atoms with van der Waals surface area (Å²) in [6.07, 6.45) is 0. The molecule has 7 heteroatoms. The van der Waals surface area contributed by atoms with E-state index < -0.39 is 10.0 Å². The van der Waals surface area contributed by atoms with Crippen LogP contribution in [0.25, 0.3) is 0 Å². The highest BCUT2D eigenvalue weighted by Gasteiger charge is 2.10. The van der Waals surface area contributed by atoms with Crippen molar-refractivity contribution >= 4 is 33.4 Å². The maximum absolute atomic E-state index is 12.3. The number of nitrogens with one attached hydrogen (secondary N) is 1. The van der Waals surface area contributed by atoms with E-state index in [0.29, 0.717) is 16.5 Å². The van der Waals surface area contributed by atoms with Crippen LogP contribution >= 0.6 is 11.8 Å². The highest BCUT2D eigenvalue weighted by Crippen LogP contribution is 2.24. The zero-order valence-corrected chi connectivity index (χ0v) is 14.4. The third-order valence-electron chi connectivity index (χ3n) is 2.91. The minimum atomic E-state index is -3.73. The Bertz CT molecular complexity index is 800. The molecule has 2 aromatic carbocycles. The molecule has 0 aliphatic carbocycles. The molecule has 3 N–H and O–H groups in total. The zero-order chi connectivity index (χ0) is 17.0. The highest BCUT2D eigenvalue weighted by molar-refractivity contribution is 7.99. The van der Waals surface area contributed by atoms with Crippen molar-refractivity contribution in [2.45, 2.75) is 28.9 Å². The molecule has 0 saturated heterocycles. The zero-order valence-electron chi connectivity index (χ0n) is 12.8. The average molecular weight is 350 g/mol. The summed E-state index contributed by atoms with van der Waals surface area (Å²) in [5.74, 6) is -0.250. The van der Waals surface area contributed by atoms with E-state index in [4.69, 9.17) is 5.14 Å². The van der Waals surface area contributed by atoms with Gasteiger partial charge in [-0.3, -0.25) is 4.79 Å². The molecule has 0 bridgehead atoms. The summed E-state index contributed by atoms with van der Waals surface area (Å²) in [6, 6.07) is 13.1. The smallest absolute Gasteiger partial charge is 0.255 e. The fourth-order valence-electron chi connectivity index (χ4n) is 1.91. The third kappa shape index (κ3) is 5.09. The Labute approximate surface area is 140 Å². The van der Waals surface area contributed by atoms with Gasteiger partial charge in [0.1, 0.15) is 0 Å². The van der Waals surface area contributed by atoms with Crippen LogP contribution in [0, 0.1) is 0 Å². The van der Waals surface area contributed by atoms with Crippen LogP contribution in [0.5, 0.6) is 0 Å². The average Bonchev–Trinajstić information content (AvgIpc) is 2.46. The molecule has 0 spiro atoms.